The van der Waals surface area contributed by atoms with Crippen LogP contribution < -0.4 is 22.3 Å². The zero-order valence-corrected chi connectivity index (χ0v) is 18.7. The Morgan fingerprint density at radius 1 is 1.28 bits per heavy atom. The Bertz CT molecular complexity index is 972. The zero-order chi connectivity index (χ0) is 23.1. The van der Waals surface area contributed by atoms with Gasteiger partial charge in [-0.1, -0.05) is 56.5 Å². The minimum Gasteiger partial charge on any atom is -0.403 e. The molecule has 1 aromatic carbocycles. The fraction of sp³-hybridized carbons (Fsp3) is 0.320. The Morgan fingerprint density at radius 2 is 2.03 bits per heavy atom. The molecule has 1 aromatic heterocycles. The SMILES string of the molecule is C=C(NC(c1ccccc1)c1ccc(CC)c(F)n1)C1CCCN1C(=C)C/C(=C/N)NN. The van der Waals surface area contributed by atoms with E-state index in [-0.39, 0.29) is 12.1 Å². The molecule has 7 heteroatoms. The van der Waals surface area contributed by atoms with Gasteiger partial charge in [0.2, 0.25) is 5.95 Å². The maximum Gasteiger partial charge on any atom is 0.216 e. The van der Waals surface area contributed by atoms with Crippen LogP contribution in [0.5, 0.6) is 0 Å². The van der Waals surface area contributed by atoms with Crippen molar-refractivity contribution in [3.8, 4) is 0 Å². The smallest absolute Gasteiger partial charge is 0.216 e. The van der Waals surface area contributed by atoms with Crippen LogP contribution in [0.25, 0.3) is 0 Å². The molecule has 0 radical (unpaired) electrons. The molecule has 0 amide bonds. The van der Waals surface area contributed by atoms with Crippen molar-refractivity contribution in [1.29, 1.82) is 0 Å². The second-order valence-electron chi connectivity index (χ2n) is 7.98. The van der Waals surface area contributed by atoms with Gasteiger partial charge in [0.25, 0.3) is 0 Å². The van der Waals surface area contributed by atoms with Crippen LogP contribution in [0, 0.1) is 5.95 Å². The zero-order valence-electron chi connectivity index (χ0n) is 18.7. The van der Waals surface area contributed by atoms with Gasteiger partial charge in [0.1, 0.15) is 0 Å². The highest BCUT2D eigenvalue weighted by atomic mass is 19.1. The molecular weight excluding hydrogens is 403 g/mol. The summed E-state index contributed by atoms with van der Waals surface area (Å²) < 4.78 is 14.5. The van der Waals surface area contributed by atoms with E-state index in [1.54, 1.807) is 0 Å². The van der Waals surface area contributed by atoms with Crippen LogP contribution in [-0.4, -0.2) is 22.5 Å². The number of nitrogens with zero attached hydrogens (tertiary/aromatic N) is 2. The van der Waals surface area contributed by atoms with Gasteiger partial charge in [-0.25, -0.2) is 4.98 Å². The number of benzene rings is 1. The number of aryl methyl sites for hydroxylation is 1. The first-order valence-electron chi connectivity index (χ1n) is 11.0. The number of nitrogens with two attached hydrogens (primary N) is 2. The number of nitrogens with one attached hydrogen (secondary N) is 2. The summed E-state index contributed by atoms with van der Waals surface area (Å²) in [4.78, 5) is 6.50. The van der Waals surface area contributed by atoms with Crippen LogP contribution in [0.3, 0.4) is 0 Å². The number of aromatic nitrogens is 1. The van der Waals surface area contributed by atoms with Crippen molar-refractivity contribution in [3.63, 3.8) is 0 Å². The summed E-state index contributed by atoms with van der Waals surface area (Å²) in [5.41, 5.74) is 12.9. The summed E-state index contributed by atoms with van der Waals surface area (Å²) in [7, 11) is 0. The van der Waals surface area contributed by atoms with Gasteiger partial charge in [-0.3, -0.25) is 5.84 Å². The van der Waals surface area contributed by atoms with Crippen molar-refractivity contribution in [1.82, 2.24) is 20.6 Å². The van der Waals surface area contributed by atoms with Gasteiger partial charge in [-0.15, -0.1) is 0 Å². The molecule has 32 heavy (non-hydrogen) atoms. The molecule has 1 aliphatic rings. The predicted molar refractivity (Wildman–Crippen MR) is 127 cm³/mol. The largest absolute Gasteiger partial charge is 0.403 e. The number of hydrogen-bond acceptors (Lipinski definition) is 6. The normalized spacial score (nSPS) is 17.2. The molecular formula is C25H33FN6. The first-order valence-corrected chi connectivity index (χ1v) is 11.0. The standard InChI is InChI=1S/C25H33FN6/c1-4-19-12-13-22(30-25(19)26)24(20-9-6-5-7-10-20)29-18(3)23-11-8-14-32(23)17(2)15-21(16-27)31-28/h5-7,9-10,12-13,16,23-24,29,31H,2-4,8,11,14-15,27-28H2,1H3/b21-16-. The highest BCUT2D eigenvalue weighted by Gasteiger charge is 2.30. The van der Waals surface area contributed by atoms with Crippen LogP contribution in [0.4, 0.5) is 4.39 Å². The summed E-state index contributed by atoms with van der Waals surface area (Å²) in [6.45, 7) is 11.4. The number of halogens is 1. The molecule has 3 rings (SSSR count). The lowest BCUT2D eigenvalue weighted by Crippen LogP contribution is -2.37. The maximum atomic E-state index is 14.5. The molecule has 1 aliphatic heterocycles. The molecule has 0 bridgehead atoms. The molecule has 2 heterocycles. The summed E-state index contributed by atoms with van der Waals surface area (Å²) in [6, 6.07) is 13.3. The van der Waals surface area contributed by atoms with Gasteiger partial charge in [0, 0.05) is 41.8 Å². The first-order chi connectivity index (χ1) is 15.5. The number of hydrogen-bond donors (Lipinski definition) is 4. The highest BCUT2D eigenvalue weighted by molar-refractivity contribution is 5.31. The van der Waals surface area contributed by atoms with Crippen LogP contribution in [0.1, 0.15) is 49.0 Å². The van der Waals surface area contributed by atoms with E-state index >= 15 is 0 Å². The van der Waals surface area contributed by atoms with Crippen molar-refractivity contribution in [3.05, 3.63) is 102 Å². The van der Waals surface area contributed by atoms with Crippen molar-refractivity contribution >= 4 is 0 Å². The fourth-order valence-corrected chi connectivity index (χ4v) is 4.14. The lowest BCUT2D eigenvalue weighted by molar-refractivity contribution is 0.332. The average molecular weight is 437 g/mol. The van der Waals surface area contributed by atoms with Crippen LogP contribution in [0.2, 0.25) is 0 Å². The van der Waals surface area contributed by atoms with Gasteiger partial charge >= 0.3 is 0 Å². The molecule has 1 saturated heterocycles. The summed E-state index contributed by atoms with van der Waals surface area (Å²) in [5.74, 6) is 5.10. The molecule has 6 N–H and O–H groups in total. The Balaban J connectivity index is 1.83. The van der Waals surface area contributed by atoms with E-state index in [9.17, 15) is 4.39 Å². The van der Waals surface area contributed by atoms with E-state index in [2.05, 4.69) is 33.8 Å². The summed E-state index contributed by atoms with van der Waals surface area (Å²) in [6.07, 6.45) is 4.56. The molecule has 170 valence electrons. The van der Waals surface area contributed by atoms with Crippen molar-refractivity contribution in [2.75, 3.05) is 6.54 Å². The van der Waals surface area contributed by atoms with E-state index in [0.29, 0.717) is 29.8 Å². The molecule has 2 aromatic rings. The average Bonchev–Trinajstić information content (AvgIpc) is 3.31. The molecule has 0 spiro atoms. The van der Waals surface area contributed by atoms with E-state index in [4.69, 9.17) is 11.6 Å². The van der Waals surface area contributed by atoms with Gasteiger partial charge in [-0.05, 0) is 30.9 Å². The molecule has 2 atom stereocenters. The van der Waals surface area contributed by atoms with Crippen molar-refractivity contribution < 1.29 is 4.39 Å². The molecule has 6 nitrogen and oxygen atoms in total. The van der Waals surface area contributed by atoms with Gasteiger partial charge in [-0.2, -0.15) is 4.39 Å². The van der Waals surface area contributed by atoms with Crippen molar-refractivity contribution in [2.45, 2.75) is 44.7 Å². The van der Waals surface area contributed by atoms with E-state index in [1.807, 2.05) is 49.4 Å². The Labute approximate surface area is 189 Å². The van der Waals surface area contributed by atoms with Crippen LogP contribution in [0.15, 0.2) is 78.9 Å². The fourth-order valence-electron chi connectivity index (χ4n) is 4.14. The van der Waals surface area contributed by atoms with E-state index in [0.717, 1.165) is 36.3 Å². The Hall–Kier alpha value is -3.32. The summed E-state index contributed by atoms with van der Waals surface area (Å²) in [5, 5.41) is 3.54. The second kappa shape index (κ2) is 10.8. The summed E-state index contributed by atoms with van der Waals surface area (Å²) >= 11 is 0. The van der Waals surface area contributed by atoms with E-state index < -0.39 is 5.95 Å². The third-order valence-corrected chi connectivity index (χ3v) is 5.93. The third kappa shape index (κ3) is 5.29. The lowest BCUT2D eigenvalue weighted by atomic mass is 10.0. The number of rotatable bonds is 10. The first kappa shape index (κ1) is 23.3. The molecule has 0 aliphatic carbocycles. The Morgan fingerprint density at radius 3 is 2.66 bits per heavy atom. The minimum absolute atomic E-state index is 0.0604. The topological polar surface area (TPSA) is 92.2 Å². The monoisotopic (exact) mass is 436 g/mol. The van der Waals surface area contributed by atoms with Crippen molar-refractivity contribution in [2.24, 2.45) is 11.6 Å². The van der Waals surface area contributed by atoms with Gasteiger partial charge < -0.3 is 21.4 Å². The minimum atomic E-state index is -0.426. The van der Waals surface area contributed by atoms with Crippen LogP contribution in [-0.2, 0) is 6.42 Å². The molecule has 0 saturated carbocycles. The maximum absolute atomic E-state index is 14.5. The van der Waals surface area contributed by atoms with Crippen LogP contribution >= 0.6 is 0 Å². The quantitative estimate of drug-likeness (QED) is 0.258. The highest BCUT2D eigenvalue weighted by Crippen LogP contribution is 2.30. The number of hydrazine groups is 1. The third-order valence-electron chi connectivity index (χ3n) is 5.93. The van der Waals surface area contributed by atoms with Gasteiger partial charge in [0.05, 0.1) is 17.8 Å². The van der Waals surface area contributed by atoms with E-state index in [1.165, 1.54) is 6.20 Å². The predicted octanol–water partition coefficient (Wildman–Crippen LogP) is 3.61. The van der Waals surface area contributed by atoms with Gasteiger partial charge in [0.15, 0.2) is 0 Å². The lowest BCUT2D eigenvalue weighted by Gasteiger charge is -2.33. The molecule has 1 fully saturated rings. The Kier molecular flexibility index (Phi) is 7.89. The second-order valence-corrected chi connectivity index (χ2v) is 7.98. The number of likely N-dealkylation sites (tertiary alicyclic amines) is 1. The molecule has 2 unspecified atom stereocenters. The number of pyridine rings is 1.